The van der Waals surface area contributed by atoms with Crippen molar-refractivity contribution in [1.29, 1.82) is 0 Å². The van der Waals surface area contributed by atoms with Crippen molar-refractivity contribution in [2.45, 2.75) is 13.0 Å². The van der Waals surface area contributed by atoms with Gasteiger partial charge in [0, 0.05) is 5.02 Å². The summed E-state index contributed by atoms with van der Waals surface area (Å²) in [6.07, 6.45) is 4.82. The molecule has 0 fully saturated rings. The Kier molecular flexibility index (Phi) is 4.70. The third-order valence-electron chi connectivity index (χ3n) is 3.36. The zero-order valence-electron chi connectivity index (χ0n) is 12.6. The first-order valence-electron chi connectivity index (χ1n) is 7.11. The van der Waals surface area contributed by atoms with Gasteiger partial charge in [-0.2, -0.15) is 0 Å². The summed E-state index contributed by atoms with van der Waals surface area (Å²) in [5, 5.41) is 8.09. The molecule has 1 aromatic heterocycles. The van der Waals surface area contributed by atoms with Crippen LogP contribution in [-0.4, -0.2) is 20.7 Å². The number of carbonyl (C=O) groups is 1. The number of carbonyl (C=O) groups excluding carboxylic acids is 1. The molecule has 0 radical (unpaired) electrons. The van der Waals surface area contributed by atoms with Crippen molar-refractivity contribution in [1.82, 2.24) is 20.1 Å². The Hall–Kier alpha value is -2.55. The predicted octanol–water partition coefficient (Wildman–Crippen LogP) is 3.71. The van der Waals surface area contributed by atoms with Crippen LogP contribution in [0.4, 0.5) is 0 Å². The molecule has 2 aromatic rings. The van der Waals surface area contributed by atoms with E-state index in [1.54, 1.807) is 24.3 Å². The Morgan fingerprint density at radius 2 is 1.96 bits per heavy atom. The van der Waals surface area contributed by atoms with Crippen LogP contribution in [0.3, 0.4) is 0 Å². The van der Waals surface area contributed by atoms with Crippen LogP contribution in [0.25, 0.3) is 5.70 Å². The number of hydrogen-bond acceptors (Lipinski definition) is 3. The zero-order valence-corrected chi connectivity index (χ0v) is 14.1. The van der Waals surface area contributed by atoms with Gasteiger partial charge in [0.15, 0.2) is 0 Å². The summed E-state index contributed by atoms with van der Waals surface area (Å²) in [7, 11) is 0. The minimum Gasteiger partial charge on any atom is -0.343 e. The number of aromatic nitrogens is 3. The highest BCUT2D eigenvalue weighted by atomic mass is 35.5. The van der Waals surface area contributed by atoms with Gasteiger partial charge >= 0.3 is 0 Å². The molecule has 0 unspecified atom stereocenters. The van der Waals surface area contributed by atoms with Crippen molar-refractivity contribution in [2.75, 3.05) is 0 Å². The van der Waals surface area contributed by atoms with Gasteiger partial charge < -0.3 is 5.32 Å². The van der Waals surface area contributed by atoms with E-state index in [1.165, 1.54) is 11.0 Å². The first-order valence-corrected chi connectivity index (χ1v) is 7.86. The molecule has 1 aromatic carbocycles. The lowest BCUT2D eigenvalue weighted by molar-refractivity contribution is 0.0929. The highest BCUT2D eigenvalue weighted by Gasteiger charge is 2.16. The molecule has 1 aliphatic rings. The number of benzene rings is 1. The number of allylic oxidation sites excluding steroid dienone is 4. The summed E-state index contributed by atoms with van der Waals surface area (Å²) in [5.41, 5.74) is 7.10. The van der Waals surface area contributed by atoms with Crippen molar-refractivity contribution < 1.29 is 4.79 Å². The average Bonchev–Trinajstić information content (AvgIpc) is 3.06. The molecule has 24 heavy (non-hydrogen) atoms. The Morgan fingerprint density at radius 1 is 1.21 bits per heavy atom. The SMILES string of the molecule is C[C@H](NC(=O)c1ncn(C2=C=C=C(Cl)C=C2)n1)c1ccc(Cl)cc1. The summed E-state index contributed by atoms with van der Waals surface area (Å²) >= 11 is 11.6. The van der Waals surface area contributed by atoms with Crippen LogP contribution < -0.4 is 5.32 Å². The molecule has 1 heterocycles. The average molecular weight is 359 g/mol. The largest absolute Gasteiger partial charge is 0.343 e. The van der Waals surface area contributed by atoms with E-state index in [-0.39, 0.29) is 17.8 Å². The fourth-order valence-corrected chi connectivity index (χ4v) is 2.31. The fraction of sp³-hybridized carbons (Fsp3) is 0.118. The monoisotopic (exact) mass is 358 g/mol. The molecule has 0 saturated carbocycles. The quantitative estimate of drug-likeness (QED) is 0.847. The second kappa shape index (κ2) is 6.91. The molecule has 0 aliphatic heterocycles. The smallest absolute Gasteiger partial charge is 0.291 e. The number of nitrogens with zero attached hydrogens (tertiary/aromatic N) is 3. The van der Waals surface area contributed by atoms with Crippen LogP contribution in [-0.2, 0) is 0 Å². The van der Waals surface area contributed by atoms with Gasteiger partial charge in [-0.15, -0.1) is 5.10 Å². The summed E-state index contributed by atoms with van der Waals surface area (Å²) in [6, 6.07) is 7.08. The van der Waals surface area contributed by atoms with Crippen LogP contribution in [0.2, 0.25) is 5.02 Å². The third-order valence-corrected chi connectivity index (χ3v) is 3.83. The van der Waals surface area contributed by atoms with Gasteiger partial charge in [0.25, 0.3) is 5.91 Å². The molecular weight excluding hydrogens is 347 g/mol. The van der Waals surface area contributed by atoms with E-state index in [0.29, 0.717) is 15.8 Å². The van der Waals surface area contributed by atoms with Crippen molar-refractivity contribution in [3.05, 3.63) is 75.7 Å². The van der Waals surface area contributed by atoms with Crippen molar-refractivity contribution >= 4 is 34.8 Å². The second-order valence-corrected chi connectivity index (χ2v) is 5.92. The Morgan fingerprint density at radius 3 is 2.62 bits per heavy atom. The van der Waals surface area contributed by atoms with E-state index >= 15 is 0 Å². The second-order valence-electron chi connectivity index (χ2n) is 5.08. The van der Waals surface area contributed by atoms with E-state index in [1.807, 2.05) is 19.1 Å². The number of hydrogen-bond donors (Lipinski definition) is 1. The van der Waals surface area contributed by atoms with Crippen LogP contribution in [0.1, 0.15) is 29.1 Å². The lowest BCUT2D eigenvalue weighted by Gasteiger charge is -2.13. The van der Waals surface area contributed by atoms with Gasteiger partial charge in [0.1, 0.15) is 12.0 Å². The third kappa shape index (κ3) is 3.67. The first-order chi connectivity index (χ1) is 11.5. The molecule has 0 bridgehead atoms. The summed E-state index contributed by atoms with van der Waals surface area (Å²) in [6.45, 7) is 1.88. The molecule has 1 N–H and O–H groups in total. The van der Waals surface area contributed by atoms with Gasteiger partial charge in [-0.05, 0) is 48.2 Å². The molecule has 0 spiro atoms. The maximum absolute atomic E-state index is 12.3. The van der Waals surface area contributed by atoms with Gasteiger partial charge in [-0.3, -0.25) is 4.79 Å². The number of nitrogens with one attached hydrogen (secondary N) is 1. The minimum atomic E-state index is -0.367. The number of halogens is 2. The van der Waals surface area contributed by atoms with E-state index in [9.17, 15) is 4.79 Å². The Labute approximate surface area is 148 Å². The molecule has 1 amide bonds. The van der Waals surface area contributed by atoms with E-state index in [4.69, 9.17) is 23.2 Å². The molecule has 3 rings (SSSR count). The van der Waals surface area contributed by atoms with Crippen LogP contribution in [0, 0.1) is 0 Å². The fourth-order valence-electron chi connectivity index (χ4n) is 2.07. The van der Waals surface area contributed by atoms with Gasteiger partial charge in [0.05, 0.1) is 11.1 Å². The molecule has 0 saturated heterocycles. The summed E-state index contributed by atoms with van der Waals surface area (Å²) in [4.78, 5) is 16.3. The molecule has 5 nitrogen and oxygen atoms in total. The maximum atomic E-state index is 12.3. The Balaban J connectivity index is 1.73. The molecule has 120 valence electrons. The van der Waals surface area contributed by atoms with Crippen molar-refractivity contribution in [3.8, 4) is 0 Å². The highest BCUT2D eigenvalue weighted by Crippen LogP contribution is 2.16. The topological polar surface area (TPSA) is 59.8 Å². The van der Waals surface area contributed by atoms with Gasteiger partial charge in [0.2, 0.25) is 5.82 Å². The highest BCUT2D eigenvalue weighted by molar-refractivity contribution is 6.31. The van der Waals surface area contributed by atoms with Crippen LogP contribution >= 0.6 is 23.2 Å². The standard InChI is InChI=1S/C17H12Cl2N4O/c1-11(12-2-4-13(18)5-3-12)21-17(24)16-20-10-23(22-16)15-8-6-14(19)7-9-15/h2-6,8,10-11H,1H3,(H,21,24)/t11-/m0/s1. The summed E-state index contributed by atoms with van der Waals surface area (Å²) in [5.74, 6) is -0.298. The first kappa shape index (κ1) is 16.3. The van der Waals surface area contributed by atoms with Crippen molar-refractivity contribution in [2.24, 2.45) is 0 Å². The maximum Gasteiger partial charge on any atom is 0.291 e. The van der Waals surface area contributed by atoms with E-state index in [2.05, 4.69) is 26.9 Å². The zero-order chi connectivity index (χ0) is 17.1. The lowest BCUT2D eigenvalue weighted by Crippen LogP contribution is -2.27. The molecular formula is C17H12Cl2N4O. The van der Waals surface area contributed by atoms with E-state index in [0.717, 1.165) is 5.56 Å². The molecule has 1 atom stereocenters. The normalized spacial score (nSPS) is 14.1. The van der Waals surface area contributed by atoms with Crippen LogP contribution in [0.5, 0.6) is 0 Å². The number of amides is 1. The van der Waals surface area contributed by atoms with Crippen molar-refractivity contribution in [3.63, 3.8) is 0 Å². The minimum absolute atomic E-state index is 0.0687. The predicted molar refractivity (Wildman–Crippen MR) is 92.6 cm³/mol. The lowest BCUT2D eigenvalue weighted by atomic mass is 10.1. The summed E-state index contributed by atoms with van der Waals surface area (Å²) < 4.78 is 1.44. The van der Waals surface area contributed by atoms with Gasteiger partial charge in [-0.25, -0.2) is 9.67 Å². The van der Waals surface area contributed by atoms with Gasteiger partial charge in [-0.1, -0.05) is 35.3 Å². The van der Waals surface area contributed by atoms with Crippen LogP contribution in [0.15, 0.2) is 59.2 Å². The molecule has 7 heteroatoms. The van der Waals surface area contributed by atoms with E-state index < -0.39 is 0 Å². The molecule has 1 aliphatic carbocycles. The number of rotatable bonds is 4. The Bertz CT molecular complexity index is 914.